The monoisotopic (exact) mass is 499 g/mol. The van der Waals surface area contributed by atoms with Gasteiger partial charge in [0.05, 0.1) is 15.9 Å². The molecule has 0 saturated heterocycles. The zero-order chi connectivity index (χ0) is 24.3. The summed E-state index contributed by atoms with van der Waals surface area (Å²) in [6.45, 7) is 2.66. The number of carbonyl (C=O) groups excluding carboxylic acids is 1. The average molecular weight is 500 g/mol. The van der Waals surface area contributed by atoms with Crippen LogP contribution in [0.4, 0.5) is 5.69 Å². The molecule has 0 atom stereocenters. The van der Waals surface area contributed by atoms with Crippen molar-refractivity contribution in [2.24, 2.45) is 0 Å². The van der Waals surface area contributed by atoms with E-state index in [1.165, 1.54) is 36.5 Å². The molecule has 1 amide bonds. The standard InChI is InChI=1S/C22H25N7O3S2/c1-4-29-19-10-9-17(34(31,32)28(2)3)13-18(19)26-20(29)11-12-21(30)25-15-5-7-16(8-6-15)33-22-23-14-24-27-22/h5-10,13-14H,4,11-12H2,1-3H3,(H,25,30)(H,23,24,27). The molecule has 0 unspecified atom stereocenters. The second-order valence-electron chi connectivity index (χ2n) is 7.68. The summed E-state index contributed by atoms with van der Waals surface area (Å²) in [5, 5.41) is 10.2. The zero-order valence-corrected chi connectivity index (χ0v) is 20.7. The molecule has 0 aliphatic carbocycles. The van der Waals surface area contributed by atoms with Crippen molar-refractivity contribution >= 4 is 44.4 Å². The number of anilines is 1. The minimum Gasteiger partial charge on any atom is -0.328 e. The molecule has 0 aliphatic rings. The predicted octanol–water partition coefficient (Wildman–Crippen LogP) is 3.15. The van der Waals surface area contributed by atoms with E-state index in [0.717, 1.165) is 16.2 Å². The first-order chi connectivity index (χ1) is 16.3. The molecule has 2 aromatic heterocycles. The van der Waals surface area contributed by atoms with Crippen molar-refractivity contribution in [3.63, 3.8) is 0 Å². The number of fused-ring (bicyclic) bond motifs is 1. The van der Waals surface area contributed by atoms with Crippen LogP contribution in [0.1, 0.15) is 19.2 Å². The largest absolute Gasteiger partial charge is 0.328 e. The Kier molecular flexibility index (Phi) is 7.00. The maximum Gasteiger partial charge on any atom is 0.242 e. The van der Waals surface area contributed by atoms with E-state index in [1.807, 2.05) is 35.8 Å². The number of hydrogen-bond acceptors (Lipinski definition) is 7. The lowest BCUT2D eigenvalue weighted by Gasteiger charge is -2.11. The third-order valence-corrected chi connectivity index (χ3v) is 7.92. The maximum absolute atomic E-state index is 12.5. The molecule has 0 spiro atoms. The van der Waals surface area contributed by atoms with Gasteiger partial charge in [-0.15, -0.1) is 0 Å². The summed E-state index contributed by atoms with van der Waals surface area (Å²) in [5.41, 5.74) is 2.14. The number of H-pyrrole nitrogens is 1. The smallest absolute Gasteiger partial charge is 0.242 e. The number of rotatable bonds is 9. The van der Waals surface area contributed by atoms with E-state index in [-0.39, 0.29) is 17.2 Å². The first-order valence-corrected chi connectivity index (χ1v) is 12.9. The lowest BCUT2D eigenvalue weighted by atomic mass is 10.2. The summed E-state index contributed by atoms with van der Waals surface area (Å²) in [7, 11) is -0.552. The summed E-state index contributed by atoms with van der Waals surface area (Å²) in [6.07, 6.45) is 2.14. The van der Waals surface area contributed by atoms with E-state index < -0.39 is 10.0 Å². The number of aromatic nitrogens is 5. The van der Waals surface area contributed by atoms with Gasteiger partial charge in [0.1, 0.15) is 12.2 Å². The third-order valence-electron chi connectivity index (χ3n) is 5.21. The first kappa shape index (κ1) is 23.9. The van der Waals surface area contributed by atoms with Crippen LogP contribution in [0.2, 0.25) is 0 Å². The van der Waals surface area contributed by atoms with Crippen LogP contribution in [-0.4, -0.2) is 57.5 Å². The normalized spacial score (nSPS) is 11.9. The lowest BCUT2D eigenvalue weighted by Crippen LogP contribution is -2.22. The summed E-state index contributed by atoms with van der Waals surface area (Å²) >= 11 is 1.45. The van der Waals surface area contributed by atoms with Crippen LogP contribution < -0.4 is 5.32 Å². The van der Waals surface area contributed by atoms with Crippen LogP contribution in [0.25, 0.3) is 11.0 Å². The van der Waals surface area contributed by atoms with Gasteiger partial charge in [-0.1, -0.05) is 11.8 Å². The van der Waals surface area contributed by atoms with Crippen LogP contribution in [-0.2, 0) is 27.8 Å². The Morgan fingerprint density at radius 2 is 1.94 bits per heavy atom. The Morgan fingerprint density at radius 3 is 2.59 bits per heavy atom. The predicted molar refractivity (Wildman–Crippen MR) is 130 cm³/mol. The van der Waals surface area contributed by atoms with Gasteiger partial charge >= 0.3 is 0 Å². The molecule has 0 radical (unpaired) electrons. The van der Waals surface area contributed by atoms with Gasteiger partial charge in [0.2, 0.25) is 15.9 Å². The number of benzene rings is 2. The van der Waals surface area contributed by atoms with Gasteiger partial charge in [-0.2, -0.15) is 5.10 Å². The molecule has 0 bridgehead atoms. The molecule has 0 saturated carbocycles. The Hall–Kier alpha value is -3.22. The van der Waals surface area contributed by atoms with Crippen molar-refractivity contribution in [1.82, 2.24) is 29.0 Å². The van der Waals surface area contributed by atoms with Crippen LogP contribution in [0.15, 0.2) is 63.7 Å². The molecule has 0 aliphatic heterocycles. The van der Waals surface area contributed by atoms with E-state index in [2.05, 4.69) is 25.5 Å². The summed E-state index contributed by atoms with van der Waals surface area (Å²) in [5.74, 6) is 0.618. The highest BCUT2D eigenvalue weighted by Gasteiger charge is 2.19. The molecule has 12 heteroatoms. The second-order valence-corrected chi connectivity index (χ2v) is 10.9. The fourth-order valence-electron chi connectivity index (χ4n) is 3.48. The minimum atomic E-state index is -3.55. The highest BCUT2D eigenvalue weighted by molar-refractivity contribution is 7.99. The van der Waals surface area contributed by atoms with Gasteiger partial charge in [-0.3, -0.25) is 9.89 Å². The first-order valence-electron chi connectivity index (χ1n) is 10.6. The van der Waals surface area contributed by atoms with Gasteiger partial charge in [0, 0.05) is 44.1 Å². The summed E-state index contributed by atoms with van der Waals surface area (Å²) < 4.78 is 28.1. The Bertz CT molecular complexity index is 1400. The molecule has 10 nitrogen and oxygen atoms in total. The summed E-state index contributed by atoms with van der Waals surface area (Å²) in [6, 6.07) is 12.4. The number of sulfonamides is 1. The Balaban J connectivity index is 1.42. The molecule has 2 N–H and O–H groups in total. The van der Waals surface area contributed by atoms with E-state index in [1.54, 1.807) is 18.2 Å². The van der Waals surface area contributed by atoms with Crippen molar-refractivity contribution in [2.45, 2.75) is 41.3 Å². The van der Waals surface area contributed by atoms with Crippen molar-refractivity contribution in [3.05, 3.63) is 54.6 Å². The van der Waals surface area contributed by atoms with Gasteiger partial charge < -0.3 is 9.88 Å². The molecule has 2 heterocycles. The van der Waals surface area contributed by atoms with Gasteiger partial charge in [-0.25, -0.2) is 22.7 Å². The van der Waals surface area contributed by atoms with Crippen molar-refractivity contribution in [2.75, 3.05) is 19.4 Å². The number of imidazole rings is 1. The number of hydrogen-bond donors (Lipinski definition) is 2. The van der Waals surface area contributed by atoms with Crippen LogP contribution in [0, 0.1) is 0 Å². The van der Waals surface area contributed by atoms with E-state index in [9.17, 15) is 13.2 Å². The van der Waals surface area contributed by atoms with Gasteiger partial charge in [0.15, 0.2) is 5.16 Å². The van der Waals surface area contributed by atoms with E-state index in [4.69, 9.17) is 0 Å². The molecular weight excluding hydrogens is 474 g/mol. The number of amides is 1. The van der Waals surface area contributed by atoms with Crippen molar-refractivity contribution in [3.8, 4) is 0 Å². The number of aryl methyl sites for hydroxylation is 2. The highest BCUT2D eigenvalue weighted by atomic mass is 32.2. The molecule has 0 fully saturated rings. The highest BCUT2D eigenvalue weighted by Crippen LogP contribution is 2.26. The lowest BCUT2D eigenvalue weighted by molar-refractivity contribution is -0.116. The Labute approximate surface area is 201 Å². The molecule has 34 heavy (non-hydrogen) atoms. The molecular formula is C22H25N7O3S2. The average Bonchev–Trinajstić information content (AvgIpc) is 3.45. The topological polar surface area (TPSA) is 126 Å². The molecule has 4 aromatic rings. The van der Waals surface area contributed by atoms with Crippen LogP contribution in [0.3, 0.4) is 0 Å². The molecule has 2 aromatic carbocycles. The second kappa shape index (κ2) is 9.95. The van der Waals surface area contributed by atoms with Crippen LogP contribution >= 0.6 is 11.8 Å². The van der Waals surface area contributed by atoms with Crippen molar-refractivity contribution in [1.29, 1.82) is 0 Å². The number of nitrogens with one attached hydrogen (secondary N) is 2. The SMILES string of the molecule is CCn1c(CCC(=O)Nc2ccc(Sc3ncn[nH]3)cc2)nc2cc(S(=O)(=O)N(C)C)ccc21. The van der Waals surface area contributed by atoms with E-state index in [0.29, 0.717) is 29.3 Å². The zero-order valence-electron chi connectivity index (χ0n) is 19.0. The summed E-state index contributed by atoms with van der Waals surface area (Å²) in [4.78, 5) is 22.4. The molecule has 4 rings (SSSR count). The van der Waals surface area contributed by atoms with Gasteiger partial charge in [0.25, 0.3) is 0 Å². The van der Waals surface area contributed by atoms with E-state index >= 15 is 0 Å². The minimum absolute atomic E-state index is 0.124. The quantitative estimate of drug-likeness (QED) is 0.362. The Morgan fingerprint density at radius 1 is 1.18 bits per heavy atom. The number of carbonyl (C=O) groups is 1. The van der Waals surface area contributed by atoms with Crippen LogP contribution in [0.5, 0.6) is 0 Å². The van der Waals surface area contributed by atoms with Gasteiger partial charge in [-0.05, 0) is 49.4 Å². The fraction of sp³-hybridized carbons (Fsp3) is 0.273. The maximum atomic E-state index is 12.5. The van der Waals surface area contributed by atoms with Crippen molar-refractivity contribution < 1.29 is 13.2 Å². The fourth-order valence-corrected chi connectivity index (χ4v) is 5.10. The molecule has 178 valence electrons. The third kappa shape index (κ3) is 5.13. The number of aromatic amines is 1. The number of nitrogens with zero attached hydrogens (tertiary/aromatic N) is 5.